The van der Waals surface area contributed by atoms with Crippen LogP contribution in [0.25, 0.3) is 0 Å². The molecule has 0 amide bonds. The van der Waals surface area contributed by atoms with Crippen LogP contribution in [0.2, 0.25) is 0 Å². The van der Waals surface area contributed by atoms with Crippen LogP contribution in [-0.2, 0) is 6.54 Å². The third-order valence-corrected chi connectivity index (χ3v) is 3.94. The molecule has 0 aromatic heterocycles. The Morgan fingerprint density at radius 2 is 1.62 bits per heavy atom. The smallest absolute Gasteiger partial charge is 0.119 e. The molecular weight excluding hydrogens is 260 g/mol. The molecule has 1 saturated carbocycles. The highest BCUT2D eigenvalue weighted by atomic mass is 16.5. The summed E-state index contributed by atoms with van der Waals surface area (Å²) in [4.78, 5) is 0. The van der Waals surface area contributed by atoms with E-state index in [0.29, 0.717) is 6.10 Å². The van der Waals surface area contributed by atoms with E-state index in [1.807, 2.05) is 36.4 Å². The molecule has 0 saturated heterocycles. The number of hydrogen-bond acceptors (Lipinski definition) is 3. The van der Waals surface area contributed by atoms with Crippen LogP contribution >= 0.6 is 0 Å². The molecule has 0 atom stereocenters. The lowest BCUT2D eigenvalue weighted by Crippen LogP contribution is -2.10. The molecule has 1 aliphatic rings. The van der Waals surface area contributed by atoms with E-state index in [9.17, 15) is 0 Å². The van der Waals surface area contributed by atoms with Gasteiger partial charge in [0.1, 0.15) is 5.75 Å². The number of hydrogen-bond donors (Lipinski definition) is 2. The molecule has 0 bridgehead atoms. The van der Waals surface area contributed by atoms with Crippen molar-refractivity contribution in [2.24, 2.45) is 0 Å². The van der Waals surface area contributed by atoms with Gasteiger partial charge in [-0.05, 0) is 67.6 Å². The molecule has 1 aliphatic carbocycles. The maximum absolute atomic E-state index is 5.96. The summed E-state index contributed by atoms with van der Waals surface area (Å²) in [5, 5.41) is 3.40. The number of nitrogens with one attached hydrogen (secondary N) is 1. The molecular formula is C18H22N2O. The third-order valence-electron chi connectivity index (χ3n) is 3.94. The third kappa shape index (κ3) is 3.91. The molecule has 3 nitrogen and oxygen atoms in total. The van der Waals surface area contributed by atoms with Gasteiger partial charge in [-0.1, -0.05) is 12.1 Å². The predicted octanol–water partition coefficient (Wildman–Crippen LogP) is 4.20. The van der Waals surface area contributed by atoms with E-state index in [1.54, 1.807) is 0 Å². The Bertz CT molecular complexity index is 557. The largest absolute Gasteiger partial charge is 0.490 e. The van der Waals surface area contributed by atoms with Crippen molar-refractivity contribution in [1.29, 1.82) is 0 Å². The van der Waals surface area contributed by atoms with Crippen LogP contribution in [-0.4, -0.2) is 6.10 Å². The second-order valence-corrected chi connectivity index (χ2v) is 5.64. The van der Waals surface area contributed by atoms with Crippen molar-refractivity contribution in [3.05, 3.63) is 54.1 Å². The van der Waals surface area contributed by atoms with Gasteiger partial charge in [-0.2, -0.15) is 0 Å². The van der Waals surface area contributed by atoms with Crippen LogP contribution in [0.5, 0.6) is 5.75 Å². The van der Waals surface area contributed by atoms with Gasteiger partial charge in [-0.25, -0.2) is 0 Å². The first kappa shape index (κ1) is 13.8. The van der Waals surface area contributed by atoms with Crippen molar-refractivity contribution < 1.29 is 4.74 Å². The van der Waals surface area contributed by atoms with Crippen LogP contribution in [0.15, 0.2) is 48.5 Å². The molecule has 3 rings (SSSR count). The van der Waals surface area contributed by atoms with Gasteiger partial charge >= 0.3 is 0 Å². The molecule has 21 heavy (non-hydrogen) atoms. The van der Waals surface area contributed by atoms with E-state index < -0.39 is 0 Å². The maximum Gasteiger partial charge on any atom is 0.119 e. The monoisotopic (exact) mass is 282 g/mol. The zero-order valence-corrected chi connectivity index (χ0v) is 12.2. The topological polar surface area (TPSA) is 47.3 Å². The number of rotatable bonds is 5. The Balaban J connectivity index is 1.52. The van der Waals surface area contributed by atoms with Crippen molar-refractivity contribution in [1.82, 2.24) is 0 Å². The standard InChI is InChI=1S/C18H22N2O/c19-15-7-5-14(6-8-15)13-20-16-9-11-18(12-10-16)21-17-3-1-2-4-17/h5-12,17,20H,1-4,13,19H2. The minimum atomic E-state index is 0.415. The summed E-state index contributed by atoms with van der Waals surface area (Å²) in [5.41, 5.74) is 8.80. The minimum absolute atomic E-state index is 0.415. The summed E-state index contributed by atoms with van der Waals surface area (Å²) in [7, 11) is 0. The molecule has 2 aromatic rings. The molecule has 1 fully saturated rings. The maximum atomic E-state index is 5.96. The molecule has 0 spiro atoms. The fraction of sp³-hybridized carbons (Fsp3) is 0.333. The normalized spacial score (nSPS) is 15.0. The second-order valence-electron chi connectivity index (χ2n) is 5.64. The number of ether oxygens (including phenoxy) is 1. The molecule has 0 heterocycles. The summed E-state index contributed by atoms with van der Waals surface area (Å²) < 4.78 is 5.96. The van der Waals surface area contributed by atoms with Gasteiger partial charge in [0.15, 0.2) is 0 Å². The predicted molar refractivity (Wildman–Crippen MR) is 87.5 cm³/mol. The molecule has 3 heteroatoms. The quantitative estimate of drug-likeness (QED) is 0.808. The van der Waals surface area contributed by atoms with Crippen LogP contribution in [0.4, 0.5) is 11.4 Å². The van der Waals surface area contributed by atoms with Gasteiger partial charge in [0, 0.05) is 17.9 Å². The van der Waals surface area contributed by atoms with E-state index in [-0.39, 0.29) is 0 Å². The summed E-state index contributed by atoms with van der Waals surface area (Å²) in [6.07, 6.45) is 5.39. The Labute approximate surface area is 126 Å². The summed E-state index contributed by atoms with van der Waals surface area (Å²) in [6, 6.07) is 16.2. The summed E-state index contributed by atoms with van der Waals surface area (Å²) in [5.74, 6) is 0.972. The molecule has 110 valence electrons. The van der Waals surface area contributed by atoms with E-state index in [2.05, 4.69) is 17.4 Å². The van der Waals surface area contributed by atoms with Crippen LogP contribution in [0, 0.1) is 0 Å². The highest BCUT2D eigenvalue weighted by Gasteiger charge is 2.16. The van der Waals surface area contributed by atoms with Gasteiger partial charge in [-0.15, -0.1) is 0 Å². The van der Waals surface area contributed by atoms with Crippen LogP contribution in [0.1, 0.15) is 31.2 Å². The van der Waals surface area contributed by atoms with E-state index in [1.165, 1.54) is 31.2 Å². The van der Waals surface area contributed by atoms with Gasteiger partial charge in [0.05, 0.1) is 6.10 Å². The van der Waals surface area contributed by atoms with Crippen molar-refractivity contribution in [2.45, 2.75) is 38.3 Å². The molecule has 0 aliphatic heterocycles. The van der Waals surface area contributed by atoms with Gasteiger partial charge in [-0.3, -0.25) is 0 Å². The molecule has 3 N–H and O–H groups in total. The van der Waals surface area contributed by atoms with E-state index in [0.717, 1.165) is 23.7 Å². The number of nitrogen functional groups attached to an aromatic ring is 1. The van der Waals surface area contributed by atoms with Crippen LogP contribution in [0.3, 0.4) is 0 Å². The van der Waals surface area contributed by atoms with Crippen LogP contribution < -0.4 is 15.8 Å². The fourth-order valence-corrected chi connectivity index (χ4v) is 2.69. The Morgan fingerprint density at radius 1 is 0.952 bits per heavy atom. The fourth-order valence-electron chi connectivity index (χ4n) is 2.69. The van der Waals surface area contributed by atoms with E-state index in [4.69, 9.17) is 10.5 Å². The van der Waals surface area contributed by atoms with Gasteiger partial charge in [0.25, 0.3) is 0 Å². The summed E-state index contributed by atoms with van der Waals surface area (Å²) in [6.45, 7) is 0.795. The number of anilines is 2. The van der Waals surface area contributed by atoms with Crippen molar-refractivity contribution in [3.63, 3.8) is 0 Å². The SMILES string of the molecule is Nc1ccc(CNc2ccc(OC3CCCC3)cc2)cc1. The zero-order chi connectivity index (χ0) is 14.5. The first-order chi connectivity index (χ1) is 10.3. The first-order valence-corrected chi connectivity index (χ1v) is 7.64. The summed E-state index contributed by atoms with van der Waals surface area (Å²) >= 11 is 0. The van der Waals surface area contributed by atoms with Crippen molar-refractivity contribution >= 4 is 11.4 Å². The Kier molecular flexibility index (Phi) is 4.29. The number of benzene rings is 2. The Hall–Kier alpha value is -2.16. The highest BCUT2D eigenvalue weighted by molar-refractivity contribution is 5.47. The first-order valence-electron chi connectivity index (χ1n) is 7.64. The van der Waals surface area contributed by atoms with Crippen molar-refractivity contribution in [3.8, 4) is 5.75 Å². The molecule has 0 radical (unpaired) electrons. The number of nitrogens with two attached hydrogens (primary N) is 1. The molecule has 0 unspecified atom stereocenters. The lowest BCUT2D eigenvalue weighted by atomic mass is 10.2. The van der Waals surface area contributed by atoms with Gasteiger partial charge < -0.3 is 15.8 Å². The van der Waals surface area contributed by atoms with E-state index >= 15 is 0 Å². The zero-order valence-electron chi connectivity index (χ0n) is 12.2. The van der Waals surface area contributed by atoms with Gasteiger partial charge in [0.2, 0.25) is 0 Å². The lowest BCUT2D eigenvalue weighted by Gasteiger charge is -2.13. The average molecular weight is 282 g/mol. The average Bonchev–Trinajstić information content (AvgIpc) is 3.01. The minimum Gasteiger partial charge on any atom is -0.490 e. The molecule has 2 aromatic carbocycles. The highest BCUT2D eigenvalue weighted by Crippen LogP contribution is 2.25. The Morgan fingerprint density at radius 3 is 2.29 bits per heavy atom. The lowest BCUT2D eigenvalue weighted by molar-refractivity contribution is 0.210. The van der Waals surface area contributed by atoms with Crippen molar-refractivity contribution in [2.75, 3.05) is 11.1 Å². The second kappa shape index (κ2) is 6.53.